The Bertz CT molecular complexity index is 495. The van der Waals surface area contributed by atoms with Gasteiger partial charge in [-0.15, -0.1) is 0 Å². The van der Waals surface area contributed by atoms with Crippen molar-refractivity contribution in [2.24, 2.45) is 0 Å². The van der Waals surface area contributed by atoms with Crippen LogP contribution in [0.25, 0.3) is 10.9 Å². The maximum absolute atomic E-state index is 6.04. The lowest BCUT2D eigenvalue weighted by molar-refractivity contribution is 0.332. The third kappa shape index (κ3) is 1.57. The molecule has 1 aliphatic rings. The van der Waals surface area contributed by atoms with E-state index in [1.165, 1.54) is 36.9 Å². The SMILES string of the molecule is Nc1cccc2[nH]cc(CN3CCCC3)c12. The Kier molecular flexibility index (Phi) is 2.33. The van der Waals surface area contributed by atoms with E-state index in [-0.39, 0.29) is 0 Å². The smallest absolute Gasteiger partial charge is 0.0478 e. The lowest BCUT2D eigenvalue weighted by Gasteiger charge is -2.13. The van der Waals surface area contributed by atoms with Gasteiger partial charge < -0.3 is 10.7 Å². The summed E-state index contributed by atoms with van der Waals surface area (Å²) in [4.78, 5) is 5.79. The summed E-state index contributed by atoms with van der Waals surface area (Å²) in [5.74, 6) is 0. The van der Waals surface area contributed by atoms with Gasteiger partial charge >= 0.3 is 0 Å². The van der Waals surface area contributed by atoms with Crippen LogP contribution in [0.5, 0.6) is 0 Å². The van der Waals surface area contributed by atoms with E-state index in [9.17, 15) is 0 Å². The Morgan fingerprint density at radius 2 is 2.06 bits per heavy atom. The standard InChI is InChI=1S/C13H17N3/c14-11-4-3-5-12-13(11)10(8-15-12)9-16-6-1-2-7-16/h3-5,8,15H,1-2,6-7,9,14H2. The fourth-order valence-electron chi connectivity index (χ4n) is 2.59. The number of hydrogen-bond donors (Lipinski definition) is 2. The van der Waals surface area contributed by atoms with Crippen LogP contribution in [-0.4, -0.2) is 23.0 Å². The zero-order valence-corrected chi connectivity index (χ0v) is 9.37. The van der Waals surface area contributed by atoms with Gasteiger partial charge in [0.15, 0.2) is 0 Å². The zero-order valence-electron chi connectivity index (χ0n) is 9.37. The molecule has 2 heterocycles. The summed E-state index contributed by atoms with van der Waals surface area (Å²) in [6, 6.07) is 6.05. The summed E-state index contributed by atoms with van der Waals surface area (Å²) in [5.41, 5.74) is 9.40. The van der Waals surface area contributed by atoms with Crippen molar-refractivity contribution in [2.45, 2.75) is 19.4 Å². The van der Waals surface area contributed by atoms with Crippen LogP contribution in [0.15, 0.2) is 24.4 Å². The van der Waals surface area contributed by atoms with Crippen LogP contribution in [-0.2, 0) is 6.54 Å². The van der Waals surface area contributed by atoms with Gasteiger partial charge in [-0.1, -0.05) is 6.07 Å². The highest BCUT2D eigenvalue weighted by atomic mass is 15.1. The Labute approximate surface area is 95.2 Å². The molecule has 3 rings (SSSR count). The van der Waals surface area contributed by atoms with Gasteiger partial charge in [0.05, 0.1) is 0 Å². The molecule has 0 amide bonds. The minimum atomic E-state index is 0.882. The second-order valence-corrected chi connectivity index (χ2v) is 4.57. The summed E-state index contributed by atoms with van der Waals surface area (Å²) in [7, 11) is 0. The van der Waals surface area contributed by atoms with Crippen molar-refractivity contribution in [1.82, 2.24) is 9.88 Å². The first-order valence-electron chi connectivity index (χ1n) is 5.91. The van der Waals surface area contributed by atoms with Crippen molar-refractivity contribution in [3.05, 3.63) is 30.0 Å². The van der Waals surface area contributed by atoms with Crippen molar-refractivity contribution in [3.63, 3.8) is 0 Å². The number of nitrogens with zero attached hydrogens (tertiary/aromatic N) is 1. The van der Waals surface area contributed by atoms with E-state index in [0.29, 0.717) is 0 Å². The van der Waals surface area contributed by atoms with Crippen LogP contribution in [0.4, 0.5) is 5.69 Å². The minimum Gasteiger partial charge on any atom is -0.398 e. The molecular formula is C13H17N3. The maximum Gasteiger partial charge on any atom is 0.0478 e. The first-order chi connectivity index (χ1) is 7.84. The Morgan fingerprint density at radius 1 is 1.25 bits per heavy atom. The minimum absolute atomic E-state index is 0.882. The lowest BCUT2D eigenvalue weighted by Crippen LogP contribution is -2.18. The molecule has 0 unspecified atom stereocenters. The fourth-order valence-corrected chi connectivity index (χ4v) is 2.59. The number of hydrogen-bond acceptors (Lipinski definition) is 2. The van der Waals surface area contributed by atoms with Gasteiger partial charge in [0.1, 0.15) is 0 Å². The molecule has 3 heteroatoms. The van der Waals surface area contributed by atoms with E-state index in [1.54, 1.807) is 0 Å². The van der Waals surface area contributed by atoms with Crippen LogP contribution >= 0.6 is 0 Å². The number of fused-ring (bicyclic) bond motifs is 1. The van der Waals surface area contributed by atoms with Crippen LogP contribution < -0.4 is 5.73 Å². The molecule has 84 valence electrons. The average Bonchev–Trinajstić information content (AvgIpc) is 2.90. The summed E-state index contributed by atoms with van der Waals surface area (Å²) in [6.45, 7) is 3.47. The fraction of sp³-hybridized carbons (Fsp3) is 0.385. The lowest BCUT2D eigenvalue weighted by atomic mass is 10.1. The zero-order chi connectivity index (χ0) is 11.0. The van der Waals surface area contributed by atoms with Gasteiger partial charge in [-0.25, -0.2) is 0 Å². The molecule has 1 aromatic carbocycles. The largest absolute Gasteiger partial charge is 0.398 e. The van der Waals surface area contributed by atoms with E-state index in [1.807, 2.05) is 12.1 Å². The molecule has 16 heavy (non-hydrogen) atoms. The van der Waals surface area contributed by atoms with Crippen LogP contribution in [0, 0.1) is 0 Å². The predicted octanol–water partition coefficient (Wildman–Crippen LogP) is 2.35. The molecule has 2 aromatic rings. The van der Waals surface area contributed by atoms with Crippen molar-refractivity contribution in [1.29, 1.82) is 0 Å². The molecule has 3 nitrogen and oxygen atoms in total. The molecular weight excluding hydrogens is 198 g/mol. The number of nitrogens with two attached hydrogens (primary N) is 1. The highest BCUT2D eigenvalue weighted by molar-refractivity contribution is 5.93. The molecule has 1 aliphatic heterocycles. The van der Waals surface area contributed by atoms with Crippen LogP contribution in [0.1, 0.15) is 18.4 Å². The average molecular weight is 215 g/mol. The van der Waals surface area contributed by atoms with Crippen molar-refractivity contribution < 1.29 is 0 Å². The number of likely N-dealkylation sites (tertiary alicyclic amines) is 1. The summed E-state index contributed by atoms with van der Waals surface area (Å²) < 4.78 is 0. The number of aromatic nitrogens is 1. The van der Waals surface area contributed by atoms with Crippen molar-refractivity contribution in [2.75, 3.05) is 18.8 Å². The number of aromatic amines is 1. The summed E-state index contributed by atoms with van der Waals surface area (Å²) in [5, 5.41) is 1.20. The number of nitrogen functional groups attached to an aromatic ring is 1. The maximum atomic E-state index is 6.04. The number of anilines is 1. The highest BCUT2D eigenvalue weighted by Gasteiger charge is 2.14. The molecule has 0 aliphatic carbocycles. The quantitative estimate of drug-likeness (QED) is 0.755. The Balaban J connectivity index is 1.97. The number of nitrogens with one attached hydrogen (secondary N) is 1. The van der Waals surface area contributed by atoms with E-state index in [2.05, 4.69) is 22.1 Å². The van der Waals surface area contributed by atoms with Crippen molar-refractivity contribution in [3.8, 4) is 0 Å². The van der Waals surface area contributed by atoms with E-state index in [4.69, 9.17) is 5.73 Å². The number of rotatable bonds is 2. The van der Waals surface area contributed by atoms with E-state index in [0.717, 1.165) is 17.7 Å². The second kappa shape index (κ2) is 3.83. The normalized spacial score (nSPS) is 17.2. The molecule has 3 N–H and O–H groups in total. The third-order valence-electron chi connectivity index (χ3n) is 3.41. The first-order valence-corrected chi connectivity index (χ1v) is 5.91. The molecule has 1 fully saturated rings. The molecule has 0 spiro atoms. The predicted molar refractivity (Wildman–Crippen MR) is 67.2 cm³/mol. The topological polar surface area (TPSA) is 45.1 Å². The summed E-state index contributed by atoms with van der Waals surface area (Å²) in [6.07, 6.45) is 4.76. The molecule has 1 saturated heterocycles. The van der Waals surface area contributed by atoms with Gasteiger partial charge in [-0.3, -0.25) is 4.90 Å². The Hall–Kier alpha value is -1.48. The van der Waals surface area contributed by atoms with Crippen LogP contribution in [0.3, 0.4) is 0 Å². The van der Waals surface area contributed by atoms with E-state index < -0.39 is 0 Å². The van der Waals surface area contributed by atoms with Gasteiger partial charge in [0.2, 0.25) is 0 Å². The molecule has 0 saturated carbocycles. The number of H-pyrrole nitrogens is 1. The van der Waals surface area contributed by atoms with Crippen molar-refractivity contribution >= 4 is 16.6 Å². The highest BCUT2D eigenvalue weighted by Crippen LogP contribution is 2.26. The first kappa shape index (κ1) is 9.73. The molecule has 0 radical (unpaired) electrons. The number of benzene rings is 1. The third-order valence-corrected chi connectivity index (χ3v) is 3.41. The Morgan fingerprint density at radius 3 is 2.88 bits per heavy atom. The second-order valence-electron chi connectivity index (χ2n) is 4.57. The monoisotopic (exact) mass is 215 g/mol. The van der Waals surface area contributed by atoms with Crippen LogP contribution in [0.2, 0.25) is 0 Å². The van der Waals surface area contributed by atoms with Gasteiger partial charge in [0, 0.05) is 29.3 Å². The van der Waals surface area contributed by atoms with Gasteiger partial charge in [0.25, 0.3) is 0 Å². The van der Waals surface area contributed by atoms with Gasteiger partial charge in [-0.2, -0.15) is 0 Å². The van der Waals surface area contributed by atoms with E-state index >= 15 is 0 Å². The molecule has 0 bridgehead atoms. The summed E-state index contributed by atoms with van der Waals surface area (Å²) >= 11 is 0. The molecule has 0 atom stereocenters. The molecule has 1 aromatic heterocycles. The van der Waals surface area contributed by atoms with Gasteiger partial charge in [-0.05, 0) is 43.6 Å².